The lowest BCUT2D eigenvalue weighted by Gasteiger charge is -2.14. The van der Waals surface area contributed by atoms with Gasteiger partial charge in [-0.3, -0.25) is 0 Å². The summed E-state index contributed by atoms with van der Waals surface area (Å²) in [5.41, 5.74) is 1.18. The Kier molecular flexibility index (Phi) is 3.54. The second kappa shape index (κ2) is 5.10. The van der Waals surface area contributed by atoms with Gasteiger partial charge in [0.05, 0.1) is 19.3 Å². The molecule has 0 spiro atoms. The number of benzene rings is 1. The van der Waals surface area contributed by atoms with Crippen molar-refractivity contribution in [2.45, 2.75) is 19.1 Å². The molecule has 1 aliphatic carbocycles. The molecule has 2 heteroatoms. The van der Waals surface area contributed by atoms with Gasteiger partial charge in [-0.15, -0.1) is 0 Å². The first kappa shape index (κ1) is 10.4. The number of hydrogen-bond acceptors (Lipinski definition) is 2. The molecule has 2 nitrogen and oxygen atoms in total. The zero-order valence-corrected chi connectivity index (χ0v) is 8.67. The molecular weight excluding hydrogens is 188 g/mol. The van der Waals surface area contributed by atoms with Crippen LogP contribution >= 0.6 is 0 Å². The standard InChI is InChI=1S/C13H16O2/c14-13-8-4-7-12(13)10-15-9-11-5-2-1-3-6-11/h1-6,8,12-14H,7,9-10H2/t12-,13+/m0/s1. The normalized spacial score (nSPS) is 24.6. The van der Waals surface area contributed by atoms with Crippen molar-refractivity contribution < 1.29 is 9.84 Å². The molecule has 0 fully saturated rings. The van der Waals surface area contributed by atoms with Crippen molar-refractivity contribution in [1.82, 2.24) is 0 Å². The summed E-state index contributed by atoms with van der Waals surface area (Å²) in [7, 11) is 0. The number of rotatable bonds is 4. The summed E-state index contributed by atoms with van der Waals surface area (Å²) in [6.45, 7) is 1.26. The van der Waals surface area contributed by atoms with Gasteiger partial charge >= 0.3 is 0 Å². The van der Waals surface area contributed by atoms with E-state index in [1.54, 1.807) is 0 Å². The maximum absolute atomic E-state index is 9.52. The summed E-state index contributed by atoms with van der Waals surface area (Å²) in [6.07, 6.45) is 4.47. The van der Waals surface area contributed by atoms with E-state index in [0.29, 0.717) is 13.2 Å². The van der Waals surface area contributed by atoms with Crippen LogP contribution in [0, 0.1) is 5.92 Å². The summed E-state index contributed by atoms with van der Waals surface area (Å²) < 4.78 is 5.57. The molecule has 15 heavy (non-hydrogen) atoms. The van der Waals surface area contributed by atoms with Crippen LogP contribution in [0.25, 0.3) is 0 Å². The smallest absolute Gasteiger partial charge is 0.0774 e. The first-order chi connectivity index (χ1) is 7.36. The van der Waals surface area contributed by atoms with Crippen LogP contribution < -0.4 is 0 Å². The fraction of sp³-hybridized carbons (Fsp3) is 0.385. The largest absolute Gasteiger partial charge is 0.389 e. The fourth-order valence-electron chi connectivity index (χ4n) is 1.76. The van der Waals surface area contributed by atoms with E-state index in [0.717, 1.165) is 6.42 Å². The van der Waals surface area contributed by atoms with E-state index in [1.165, 1.54) is 5.56 Å². The zero-order chi connectivity index (χ0) is 10.5. The van der Waals surface area contributed by atoms with Gasteiger partial charge in [-0.05, 0) is 12.0 Å². The summed E-state index contributed by atoms with van der Waals surface area (Å²) in [6, 6.07) is 10.1. The quantitative estimate of drug-likeness (QED) is 0.761. The summed E-state index contributed by atoms with van der Waals surface area (Å²) in [5.74, 6) is 0.244. The highest BCUT2D eigenvalue weighted by molar-refractivity contribution is 5.13. The van der Waals surface area contributed by atoms with Crippen LogP contribution in [0.15, 0.2) is 42.5 Å². The molecule has 0 saturated carbocycles. The van der Waals surface area contributed by atoms with E-state index in [4.69, 9.17) is 4.74 Å². The number of allylic oxidation sites excluding steroid dienone is 1. The molecule has 0 saturated heterocycles. The number of ether oxygens (including phenoxy) is 1. The summed E-state index contributed by atoms with van der Waals surface area (Å²) in [5, 5.41) is 9.52. The Balaban J connectivity index is 1.71. The Bertz CT molecular complexity index is 319. The van der Waals surface area contributed by atoms with Gasteiger partial charge in [0.25, 0.3) is 0 Å². The molecule has 0 amide bonds. The van der Waals surface area contributed by atoms with E-state index >= 15 is 0 Å². The minimum Gasteiger partial charge on any atom is -0.389 e. The van der Waals surface area contributed by atoms with Crippen LogP contribution in [-0.4, -0.2) is 17.8 Å². The third-order valence-corrected chi connectivity index (χ3v) is 2.70. The van der Waals surface area contributed by atoms with E-state index in [1.807, 2.05) is 42.5 Å². The van der Waals surface area contributed by atoms with Crippen LogP contribution in [0.5, 0.6) is 0 Å². The van der Waals surface area contributed by atoms with Gasteiger partial charge in [0.15, 0.2) is 0 Å². The predicted octanol–water partition coefficient (Wildman–Crippen LogP) is 2.14. The van der Waals surface area contributed by atoms with Gasteiger partial charge in [-0.25, -0.2) is 0 Å². The van der Waals surface area contributed by atoms with Crippen molar-refractivity contribution in [3.63, 3.8) is 0 Å². The Morgan fingerprint density at radius 3 is 2.73 bits per heavy atom. The third-order valence-electron chi connectivity index (χ3n) is 2.70. The number of aliphatic hydroxyl groups excluding tert-OH is 1. The molecule has 0 unspecified atom stereocenters. The molecule has 1 N–H and O–H groups in total. The zero-order valence-electron chi connectivity index (χ0n) is 8.67. The Labute approximate surface area is 90.2 Å². The van der Waals surface area contributed by atoms with E-state index in [9.17, 15) is 5.11 Å². The molecule has 0 bridgehead atoms. The molecular formula is C13H16O2. The molecule has 80 valence electrons. The summed E-state index contributed by atoms with van der Waals surface area (Å²) in [4.78, 5) is 0. The van der Waals surface area contributed by atoms with Gasteiger partial charge in [-0.2, -0.15) is 0 Å². The third kappa shape index (κ3) is 2.91. The molecule has 2 rings (SSSR count). The van der Waals surface area contributed by atoms with Crippen LogP contribution in [0.2, 0.25) is 0 Å². The maximum atomic E-state index is 9.52. The topological polar surface area (TPSA) is 29.5 Å². The average Bonchev–Trinajstić information content (AvgIpc) is 2.66. The minimum absolute atomic E-state index is 0.244. The van der Waals surface area contributed by atoms with E-state index in [2.05, 4.69) is 0 Å². The Hall–Kier alpha value is -1.12. The predicted molar refractivity (Wildman–Crippen MR) is 59.4 cm³/mol. The first-order valence-corrected chi connectivity index (χ1v) is 5.32. The van der Waals surface area contributed by atoms with Crippen molar-refractivity contribution in [2.75, 3.05) is 6.61 Å². The van der Waals surface area contributed by atoms with Gasteiger partial charge < -0.3 is 9.84 Å². The minimum atomic E-state index is -0.319. The molecule has 0 heterocycles. The molecule has 0 aromatic heterocycles. The summed E-state index contributed by atoms with van der Waals surface area (Å²) >= 11 is 0. The molecule has 1 aliphatic rings. The molecule has 1 aromatic carbocycles. The van der Waals surface area contributed by atoms with Crippen LogP contribution in [0.1, 0.15) is 12.0 Å². The highest BCUT2D eigenvalue weighted by Gasteiger charge is 2.20. The van der Waals surface area contributed by atoms with Gasteiger partial charge in [0, 0.05) is 5.92 Å². The Morgan fingerprint density at radius 2 is 2.07 bits per heavy atom. The second-order valence-electron chi connectivity index (χ2n) is 3.92. The average molecular weight is 204 g/mol. The van der Waals surface area contributed by atoms with Crippen LogP contribution in [0.4, 0.5) is 0 Å². The van der Waals surface area contributed by atoms with Crippen molar-refractivity contribution in [3.05, 3.63) is 48.0 Å². The van der Waals surface area contributed by atoms with Gasteiger partial charge in [0.2, 0.25) is 0 Å². The van der Waals surface area contributed by atoms with Crippen molar-refractivity contribution in [3.8, 4) is 0 Å². The molecule has 0 radical (unpaired) electrons. The van der Waals surface area contributed by atoms with Gasteiger partial charge in [0.1, 0.15) is 0 Å². The molecule has 0 aliphatic heterocycles. The number of hydrogen-bond donors (Lipinski definition) is 1. The maximum Gasteiger partial charge on any atom is 0.0774 e. The van der Waals surface area contributed by atoms with Crippen molar-refractivity contribution >= 4 is 0 Å². The lowest BCUT2D eigenvalue weighted by molar-refractivity contribution is 0.0466. The number of aliphatic hydroxyl groups is 1. The molecule has 2 atom stereocenters. The Morgan fingerprint density at radius 1 is 1.27 bits per heavy atom. The fourth-order valence-corrected chi connectivity index (χ4v) is 1.76. The SMILES string of the molecule is O[C@@H]1C=CC[C@H]1COCc1ccccc1. The lowest BCUT2D eigenvalue weighted by Crippen LogP contribution is -2.18. The van der Waals surface area contributed by atoms with Crippen LogP contribution in [-0.2, 0) is 11.3 Å². The highest BCUT2D eigenvalue weighted by atomic mass is 16.5. The second-order valence-corrected chi connectivity index (χ2v) is 3.92. The highest BCUT2D eigenvalue weighted by Crippen LogP contribution is 2.19. The van der Waals surface area contributed by atoms with Crippen LogP contribution in [0.3, 0.4) is 0 Å². The lowest BCUT2D eigenvalue weighted by atomic mass is 10.1. The van der Waals surface area contributed by atoms with Crippen molar-refractivity contribution in [2.24, 2.45) is 5.92 Å². The van der Waals surface area contributed by atoms with E-state index in [-0.39, 0.29) is 12.0 Å². The molecule has 1 aromatic rings. The van der Waals surface area contributed by atoms with Gasteiger partial charge in [-0.1, -0.05) is 42.5 Å². The first-order valence-electron chi connectivity index (χ1n) is 5.32. The van der Waals surface area contributed by atoms with E-state index < -0.39 is 0 Å². The monoisotopic (exact) mass is 204 g/mol. The van der Waals surface area contributed by atoms with Crippen molar-refractivity contribution in [1.29, 1.82) is 0 Å².